The van der Waals surface area contributed by atoms with Crippen LogP contribution in [0.15, 0.2) is 0 Å². The molecule has 0 aromatic heterocycles. The Bertz CT molecular complexity index is 1400. The highest BCUT2D eigenvalue weighted by Gasteiger charge is 2.56. The number of rotatable bonds is 16. The lowest BCUT2D eigenvalue weighted by Gasteiger charge is -2.36. The molecule has 16 nitrogen and oxygen atoms in total. The van der Waals surface area contributed by atoms with E-state index in [1.54, 1.807) is 27.7 Å². The molecule has 4 heterocycles. The third-order valence-electron chi connectivity index (χ3n) is 15.2. The van der Waals surface area contributed by atoms with Gasteiger partial charge in [-0.2, -0.15) is 10.1 Å². The van der Waals surface area contributed by atoms with Crippen molar-refractivity contribution in [1.82, 2.24) is 20.3 Å². The standard InChI is InChI=1S/C45H78N4O12/c1-37(2)17-29(41(9,10)46(37)54)25-58-33(50)21-45(22-34(51)59-26-30-18-38(3,4)47(55)42(30,11)12,23-35(52)60-27-31-19-39(5,6)48(56)43(31,13)14)24-36(53)61-28-32-20-40(7,8)49(57)44(32,15)16/h29-32,54-55H,17-28H2,1-16H3. The number of esters is 4. The Morgan fingerprint density at radius 2 is 0.639 bits per heavy atom. The molecule has 0 bridgehead atoms. The lowest BCUT2D eigenvalue weighted by molar-refractivity contribution is -0.249. The molecule has 2 N–H and O–H groups in total. The minimum atomic E-state index is -1.73. The molecule has 0 saturated carbocycles. The maximum Gasteiger partial charge on any atom is 0.306 e. The quantitative estimate of drug-likeness (QED) is 0.123. The van der Waals surface area contributed by atoms with Gasteiger partial charge in [-0.05, 0) is 136 Å². The number of hydroxylamine groups is 8. The lowest BCUT2D eigenvalue weighted by Crippen LogP contribution is -2.48. The van der Waals surface area contributed by atoms with Crippen molar-refractivity contribution in [3.63, 3.8) is 0 Å². The lowest BCUT2D eigenvalue weighted by atomic mass is 9.75. The molecule has 0 aromatic carbocycles. The fraction of sp³-hybridized carbons (Fsp3) is 0.911. The van der Waals surface area contributed by atoms with Gasteiger partial charge in [-0.15, -0.1) is 20.5 Å². The monoisotopic (exact) mass is 867 g/mol. The molecule has 350 valence electrons. The summed E-state index contributed by atoms with van der Waals surface area (Å²) in [7, 11) is 0. The normalized spacial score (nSPS) is 30.8. The molecule has 0 aliphatic carbocycles. The van der Waals surface area contributed by atoms with E-state index in [1.807, 2.05) is 83.1 Å². The summed E-state index contributed by atoms with van der Waals surface area (Å²) < 4.78 is 23.4. The average molecular weight is 867 g/mol. The summed E-state index contributed by atoms with van der Waals surface area (Å²) >= 11 is 0. The van der Waals surface area contributed by atoms with Gasteiger partial charge < -0.3 is 29.4 Å². The molecular formula is C45H78N4O12. The summed E-state index contributed by atoms with van der Waals surface area (Å²) in [4.78, 5) is 56.1. The molecule has 0 amide bonds. The second kappa shape index (κ2) is 17.2. The van der Waals surface area contributed by atoms with Crippen molar-refractivity contribution in [1.29, 1.82) is 0 Å². The predicted octanol–water partition coefficient (Wildman–Crippen LogP) is 6.69. The number of nitrogens with zero attached hydrogens (tertiary/aromatic N) is 4. The van der Waals surface area contributed by atoms with Crippen LogP contribution >= 0.6 is 0 Å². The van der Waals surface area contributed by atoms with E-state index in [4.69, 9.17) is 18.9 Å². The zero-order chi connectivity index (χ0) is 46.7. The molecule has 0 spiro atoms. The summed E-state index contributed by atoms with van der Waals surface area (Å²) in [6.45, 7) is 29.1. The highest BCUT2D eigenvalue weighted by Crippen LogP contribution is 2.48. The summed E-state index contributed by atoms with van der Waals surface area (Å²) in [6.07, 6.45) is -0.261. The fourth-order valence-corrected chi connectivity index (χ4v) is 11.2. The van der Waals surface area contributed by atoms with Crippen LogP contribution in [0.5, 0.6) is 0 Å². The highest BCUT2D eigenvalue weighted by atomic mass is 16.6. The zero-order valence-electron chi connectivity index (χ0n) is 40.1. The van der Waals surface area contributed by atoms with Crippen LogP contribution in [-0.2, 0) is 48.5 Å². The number of ether oxygens (including phenoxy) is 4. The number of hydrogen-bond acceptors (Lipinski definition) is 14. The van der Waals surface area contributed by atoms with Crippen LogP contribution in [0.25, 0.3) is 0 Å². The molecular weight excluding hydrogens is 789 g/mol. The first kappa shape index (κ1) is 51.2. The number of carbonyl (C=O) groups excluding carboxylic acids is 4. The van der Waals surface area contributed by atoms with Crippen molar-refractivity contribution < 1.29 is 59.0 Å². The van der Waals surface area contributed by atoms with Gasteiger partial charge >= 0.3 is 23.9 Å². The van der Waals surface area contributed by atoms with Crippen LogP contribution in [0.1, 0.15) is 162 Å². The van der Waals surface area contributed by atoms with Gasteiger partial charge in [-0.1, -0.05) is 0 Å². The average Bonchev–Trinajstić information content (AvgIpc) is 3.54. The van der Waals surface area contributed by atoms with Gasteiger partial charge in [0, 0.05) is 62.3 Å². The van der Waals surface area contributed by atoms with E-state index in [0.717, 1.165) is 10.1 Å². The Morgan fingerprint density at radius 1 is 0.426 bits per heavy atom. The van der Waals surface area contributed by atoms with Gasteiger partial charge in [0.1, 0.15) is 0 Å². The molecule has 16 heteroatoms. The second-order valence-corrected chi connectivity index (χ2v) is 23.6. The molecule has 4 rings (SSSR count). The maximum absolute atomic E-state index is 14.0. The zero-order valence-corrected chi connectivity index (χ0v) is 40.1. The molecule has 4 aliphatic heterocycles. The minimum Gasteiger partial charge on any atom is -0.465 e. The van der Waals surface area contributed by atoms with E-state index >= 15 is 0 Å². The molecule has 4 atom stereocenters. The Hall–Kier alpha value is -2.44. The van der Waals surface area contributed by atoms with E-state index in [0.29, 0.717) is 25.7 Å². The highest BCUT2D eigenvalue weighted by molar-refractivity contribution is 5.81. The predicted molar refractivity (Wildman–Crippen MR) is 222 cm³/mol. The SMILES string of the molecule is CC1(C)CC(COC(=O)CC(CC(=O)OCC2CC(C)(C)N([O])C2(C)C)(CC(=O)OCC2CC(C)(C)N(O)C2(C)C)CC(=O)OCC2CC(C)(C)N(O)C2(C)C)C(C)(C)N1[O]. The van der Waals surface area contributed by atoms with Crippen molar-refractivity contribution in [3.05, 3.63) is 0 Å². The number of carbonyl (C=O) groups is 4. The first-order valence-electron chi connectivity index (χ1n) is 22.0. The van der Waals surface area contributed by atoms with E-state index in [2.05, 4.69) is 0 Å². The van der Waals surface area contributed by atoms with Gasteiger partial charge in [0.05, 0.1) is 63.2 Å². The van der Waals surface area contributed by atoms with Gasteiger partial charge in [-0.25, -0.2) is 0 Å². The Morgan fingerprint density at radius 3 is 0.820 bits per heavy atom. The summed E-state index contributed by atoms with van der Waals surface area (Å²) in [5, 5.41) is 52.6. The van der Waals surface area contributed by atoms with Gasteiger partial charge in [0.2, 0.25) is 0 Å². The van der Waals surface area contributed by atoms with E-state index in [-0.39, 0.29) is 50.1 Å². The Kier molecular flexibility index (Phi) is 14.4. The van der Waals surface area contributed by atoms with Crippen molar-refractivity contribution in [2.75, 3.05) is 26.4 Å². The second-order valence-electron chi connectivity index (χ2n) is 23.6. The van der Waals surface area contributed by atoms with E-state index in [9.17, 15) is 40.0 Å². The van der Waals surface area contributed by atoms with Crippen LogP contribution in [0.2, 0.25) is 0 Å². The van der Waals surface area contributed by atoms with Gasteiger partial charge in [-0.3, -0.25) is 19.2 Å². The molecule has 4 fully saturated rings. The molecule has 4 unspecified atom stereocenters. The maximum atomic E-state index is 14.0. The summed E-state index contributed by atoms with van der Waals surface area (Å²) in [5.41, 5.74) is -7.47. The van der Waals surface area contributed by atoms with Crippen LogP contribution in [0, 0.1) is 29.1 Å². The molecule has 4 aliphatic rings. The largest absolute Gasteiger partial charge is 0.465 e. The first-order valence-corrected chi connectivity index (χ1v) is 22.0. The van der Waals surface area contributed by atoms with Crippen LogP contribution in [0.3, 0.4) is 0 Å². The van der Waals surface area contributed by atoms with Crippen LogP contribution in [-0.4, -0.2) is 125 Å². The molecule has 61 heavy (non-hydrogen) atoms. The Labute approximate surface area is 364 Å². The first-order chi connectivity index (χ1) is 27.4. The van der Waals surface area contributed by atoms with Crippen molar-refractivity contribution >= 4 is 23.9 Å². The molecule has 4 saturated heterocycles. The van der Waals surface area contributed by atoms with Gasteiger partial charge in [0.15, 0.2) is 0 Å². The van der Waals surface area contributed by atoms with Crippen molar-refractivity contribution in [2.45, 2.75) is 206 Å². The van der Waals surface area contributed by atoms with E-state index in [1.165, 1.54) is 10.1 Å². The summed E-state index contributed by atoms with van der Waals surface area (Å²) in [5.74, 6) is -4.29. The fourth-order valence-electron chi connectivity index (χ4n) is 11.2. The topological polar surface area (TPSA) is 198 Å². The number of hydrogen-bond donors (Lipinski definition) is 2. The third kappa shape index (κ3) is 10.6. The Balaban J connectivity index is 1.63. The third-order valence-corrected chi connectivity index (χ3v) is 15.2. The molecule has 2 radical (unpaired) electrons. The smallest absolute Gasteiger partial charge is 0.306 e. The summed E-state index contributed by atoms with van der Waals surface area (Å²) in [6, 6.07) is 0. The van der Waals surface area contributed by atoms with Crippen LogP contribution in [0.4, 0.5) is 0 Å². The van der Waals surface area contributed by atoms with Crippen LogP contribution < -0.4 is 0 Å². The van der Waals surface area contributed by atoms with Crippen molar-refractivity contribution in [2.24, 2.45) is 29.1 Å². The molecule has 0 aromatic rings. The van der Waals surface area contributed by atoms with E-state index < -0.39 is 99.3 Å². The minimum absolute atomic E-state index is 0.0670. The van der Waals surface area contributed by atoms with Gasteiger partial charge in [0.25, 0.3) is 0 Å². The van der Waals surface area contributed by atoms with Crippen molar-refractivity contribution in [3.8, 4) is 0 Å².